The minimum absolute atomic E-state index is 0.0220. The number of hydrogen-bond donors (Lipinski definition) is 1. The molecule has 182 valence electrons. The van der Waals surface area contributed by atoms with Crippen molar-refractivity contribution in [3.63, 3.8) is 0 Å². The van der Waals surface area contributed by atoms with Crippen molar-refractivity contribution in [3.05, 3.63) is 106 Å². The van der Waals surface area contributed by atoms with E-state index in [0.717, 1.165) is 27.7 Å². The van der Waals surface area contributed by atoms with Gasteiger partial charge in [0.2, 0.25) is 5.91 Å². The molecule has 2 aliphatic rings. The molecule has 2 aliphatic heterocycles. The molecule has 2 atom stereocenters. The Bertz CT molecular complexity index is 1500. The van der Waals surface area contributed by atoms with E-state index >= 15 is 0 Å². The molecule has 0 aliphatic carbocycles. The number of aromatic nitrogens is 1. The maximum Gasteiger partial charge on any atom is 0.254 e. The third kappa shape index (κ3) is 3.43. The number of aromatic amines is 1. The molecule has 0 radical (unpaired) electrons. The molecule has 0 spiro atoms. The summed E-state index contributed by atoms with van der Waals surface area (Å²) < 4.78 is 14.2. The molecule has 1 saturated heterocycles. The number of benzene rings is 3. The second-order valence-corrected chi connectivity index (χ2v) is 10.1. The SMILES string of the molecule is CC12C(=O)N(CCc3ccccc3F)CC(=O)N1CC(c1ccc(Cl)cc1)c1c2[nH]c2ccccc12. The Labute approximate surface area is 213 Å². The predicted octanol–water partition coefficient (Wildman–Crippen LogP) is 5.23. The molecule has 4 aromatic rings. The zero-order chi connectivity index (χ0) is 25.0. The normalized spacial score (nSPS) is 21.6. The van der Waals surface area contributed by atoms with Crippen molar-refractivity contribution < 1.29 is 14.0 Å². The van der Waals surface area contributed by atoms with Gasteiger partial charge >= 0.3 is 0 Å². The highest BCUT2D eigenvalue weighted by atomic mass is 35.5. The number of fused-ring (bicyclic) bond motifs is 5. The number of nitrogens with zero attached hydrogens (tertiary/aromatic N) is 2. The first kappa shape index (κ1) is 22.8. The molecule has 1 aromatic heterocycles. The molecule has 3 aromatic carbocycles. The fourth-order valence-electron chi connectivity index (χ4n) is 5.81. The highest BCUT2D eigenvalue weighted by molar-refractivity contribution is 6.30. The third-order valence-electron chi connectivity index (χ3n) is 7.70. The summed E-state index contributed by atoms with van der Waals surface area (Å²) in [5.41, 5.74) is 3.08. The number of carbonyl (C=O) groups excluding carboxylic acids is 2. The minimum atomic E-state index is -1.18. The van der Waals surface area contributed by atoms with Crippen molar-refractivity contribution in [2.45, 2.75) is 24.8 Å². The number of amides is 2. The van der Waals surface area contributed by atoms with E-state index < -0.39 is 5.54 Å². The highest BCUT2D eigenvalue weighted by Crippen LogP contribution is 2.48. The maximum atomic E-state index is 14.2. The molecule has 5 nitrogen and oxygen atoms in total. The van der Waals surface area contributed by atoms with Crippen LogP contribution in [0.1, 0.15) is 35.2 Å². The highest BCUT2D eigenvalue weighted by Gasteiger charge is 2.56. The number of halogens is 2. The second-order valence-electron chi connectivity index (χ2n) is 9.71. The van der Waals surface area contributed by atoms with E-state index in [4.69, 9.17) is 11.6 Å². The van der Waals surface area contributed by atoms with E-state index in [1.54, 1.807) is 28.0 Å². The van der Waals surface area contributed by atoms with Crippen LogP contribution in [0.4, 0.5) is 4.39 Å². The van der Waals surface area contributed by atoms with Gasteiger partial charge in [0.1, 0.15) is 5.82 Å². The summed E-state index contributed by atoms with van der Waals surface area (Å²) in [5.74, 6) is -0.680. The molecule has 1 N–H and O–H groups in total. The monoisotopic (exact) mass is 501 g/mol. The largest absolute Gasteiger partial charge is 0.356 e. The second kappa shape index (κ2) is 8.49. The summed E-state index contributed by atoms with van der Waals surface area (Å²) in [6.07, 6.45) is 0.342. The van der Waals surface area contributed by atoms with Crippen LogP contribution in [0.3, 0.4) is 0 Å². The fraction of sp³-hybridized carbons (Fsp3) is 0.241. The Hall–Kier alpha value is -3.64. The number of H-pyrrole nitrogens is 1. The molecule has 0 bridgehead atoms. The van der Waals surface area contributed by atoms with Gasteiger partial charge in [0, 0.05) is 34.9 Å². The Morgan fingerprint density at radius 2 is 1.75 bits per heavy atom. The van der Waals surface area contributed by atoms with Crippen LogP contribution in [0, 0.1) is 5.82 Å². The van der Waals surface area contributed by atoms with E-state index in [0.29, 0.717) is 23.6 Å². The molecule has 2 unspecified atom stereocenters. The average molecular weight is 502 g/mol. The van der Waals surface area contributed by atoms with Crippen molar-refractivity contribution in [1.82, 2.24) is 14.8 Å². The van der Waals surface area contributed by atoms with Crippen molar-refractivity contribution in [1.29, 1.82) is 0 Å². The molecule has 2 amide bonds. The summed E-state index contributed by atoms with van der Waals surface area (Å²) in [4.78, 5) is 34.4. The van der Waals surface area contributed by atoms with E-state index in [1.165, 1.54) is 6.07 Å². The zero-order valence-electron chi connectivity index (χ0n) is 19.8. The fourth-order valence-corrected chi connectivity index (χ4v) is 5.93. The van der Waals surface area contributed by atoms with Gasteiger partial charge in [-0.25, -0.2) is 4.39 Å². The lowest BCUT2D eigenvalue weighted by molar-refractivity contribution is -0.166. The lowest BCUT2D eigenvalue weighted by Gasteiger charge is -2.51. The molecule has 7 heteroatoms. The van der Waals surface area contributed by atoms with Crippen LogP contribution in [-0.4, -0.2) is 46.2 Å². The summed E-state index contributed by atoms with van der Waals surface area (Å²) in [7, 11) is 0. The predicted molar refractivity (Wildman–Crippen MR) is 137 cm³/mol. The maximum absolute atomic E-state index is 14.2. The smallest absolute Gasteiger partial charge is 0.254 e. The van der Waals surface area contributed by atoms with Gasteiger partial charge in [-0.05, 0) is 54.3 Å². The van der Waals surface area contributed by atoms with Gasteiger partial charge in [0.05, 0.1) is 12.2 Å². The number of nitrogens with one attached hydrogen (secondary N) is 1. The van der Waals surface area contributed by atoms with Gasteiger partial charge < -0.3 is 14.8 Å². The van der Waals surface area contributed by atoms with Crippen LogP contribution in [0.15, 0.2) is 72.8 Å². The minimum Gasteiger partial charge on any atom is -0.356 e. The average Bonchev–Trinajstić information content (AvgIpc) is 3.28. The van der Waals surface area contributed by atoms with Crippen molar-refractivity contribution in [3.8, 4) is 0 Å². The van der Waals surface area contributed by atoms with Gasteiger partial charge in [-0.1, -0.05) is 60.1 Å². The zero-order valence-corrected chi connectivity index (χ0v) is 20.6. The number of para-hydroxylation sites is 1. The van der Waals surface area contributed by atoms with Crippen LogP contribution in [0.2, 0.25) is 5.02 Å². The van der Waals surface area contributed by atoms with Gasteiger partial charge in [-0.15, -0.1) is 0 Å². The first-order chi connectivity index (χ1) is 17.4. The Morgan fingerprint density at radius 1 is 1.03 bits per heavy atom. The quantitative estimate of drug-likeness (QED) is 0.416. The lowest BCUT2D eigenvalue weighted by atomic mass is 9.76. The molecule has 0 saturated carbocycles. The molecule has 6 rings (SSSR count). The van der Waals surface area contributed by atoms with Crippen molar-refractivity contribution in [2.75, 3.05) is 19.6 Å². The summed E-state index contributed by atoms with van der Waals surface area (Å²) >= 11 is 6.16. The number of hydrogen-bond acceptors (Lipinski definition) is 2. The summed E-state index contributed by atoms with van der Waals surface area (Å²) in [6.45, 7) is 2.46. The van der Waals surface area contributed by atoms with Gasteiger partial charge in [-0.2, -0.15) is 0 Å². The van der Waals surface area contributed by atoms with Crippen molar-refractivity contribution >= 4 is 34.3 Å². The first-order valence-electron chi connectivity index (χ1n) is 12.1. The first-order valence-corrected chi connectivity index (χ1v) is 12.5. The van der Waals surface area contributed by atoms with Crippen LogP contribution >= 0.6 is 11.6 Å². The Kier molecular flexibility index (Phi) is 5.38. The van der Waals surface area contributed by atoms with E-state index in [2.05, 4.69) is 11.1 Å². The topological polar surface area (TPSA) is 56.4 Å². The standard InChI is InChI=1S/C29H25ClFN3O2/c1-29-27-26(21-7-3-5-9-24(21)32-27)22(18-10-12-20(30)13-11-18)16-34(29)25(35)17-33(28(29)36)15-14-19-6-2-4-8-23(19)31/h2-13,22,32H,14-17H2,1H3. The number of carbonyl (C=O) groups is 2. The Morgan fingerprint density at radius 3 is 2.53 bits per heavy atom. The number of piperazine rings is 1. The molecule has 3 heterocycles. The van der Waals surface area contributed by atoms with Gasteiger partial charge in [0.15, 0.2) is 5.54 Å². The van der Waals surface area contributed by atoms with Crippen molar-refractivity contribution in [2.24, 2.45) is 0 Å². The molecular formula is C29H25ClFN3O2. The van der Waals surface area contributed by atoms with E-state index in [9.17, 15) is 14.0 Å². The molecule has 1 fully saturated rings. The van der Waals surface area contributed by atoms with Gasteiger partial charge in [0.25, 0.3) is 5.91 Å². The summed E-state index contributed by atoms with van der Waals surface area (Å²) in [5, 5.41) is 1.69. The van der Waals surface area contributed by atoms with Gasteiger partial charge in [-0.3, -0.25) is 9.59 Å². The van der Waals surface area contributed by atoms with Crippen LogP contribution in [0.25, 0.3) is 10.9 Å². The number of rotatable bonds is 4. The third-order valence-corrected chi connectivity index (χ3v) is 7.95. The summed E-state index contributed by atoms with van der Waals surface area (Å²) in [6, 6.07) is 22.2. The van der Waals surface area contributed by atoms with E-state index in [-0.39, 0.29) is 36.6 Å². The van der Waals surface area contributed by atoms with Crippen LogP contribution in [-0.2, 0) is 21.5 Å². The lowest BCUT2D eigenvalue weighted by Crippen LogP contribution is -2.67. The Balaban J connectivity index is 1.44. The van der Waals surface area contributed by atoms with E-state index in [1.807, 2.05) is 49.4 Å². The molecular weight excluding hydrogens is 477 g/mol. The van der Waals surface area contributed by atoms with Crippen LogP contribution in [0.5, 0.6) is 0 Å². The molecule has 36 heavy (non-hydrogen) atoms. The van der Waals surface area contributed by atoms with Crippen LogP contribution < -0.4 is 0 Å².